The van der Waals surface area contributed by atoms with Crippen molar-refractivity contribution in [3.8, 4) is 16.5 Å². The van der Waals surface area contributed by atoms with Crippen LogP contribution in [0.25, 0.3) is 20.7 Å². The lowest BCUT2D eigenvalue weighted by molar-refractivity contribution is 0.594. The Morgan fingerprint density at radius 2 is 2.09 bits per heavy atom. The fourth-order valence-electron chi connectivity index (χ4n) is 2.62. The van der Waals surface area contributed by atoms with E-state index in [0.29, 0.717) is 31.2 Å². The zero-order chi connectivity index (χ0) is 16.2. The number of hydrogen-bond donors (Lipinski definition) is 0. The first kappa shape index (κ1) is 15.4. The third-order valence-corrected chi connectivity index (χ3v) is 4.85. The summed E-state index contributed by atoms with van der Waals surface area (Å²) in [6, 6.07) is 14.1. The van der Waals surface area contributed by atoms with Crippen LogP contribution in [0.1, 0.15) is 25.6 Å². The topological polar surface area (TPSA) is 58.7 Å². The largest absolute Gasteiger partial charge is 0.296 e. The van der Waals surface area contributed by atoms with Crippen LogP contribution in [-0.2, 0) is 13.0 Å². The highest BCUT2D eigenvalue weighted by molar-refractivity contribution is 7.21. The molecule has 0 amide bonds. The smallest absolute Gasteiger partial charge is 0.262 e. The summed E-state index contributed by atoms with van der Waals surface area (Å²) in [5, 5.41) is 9.36. The van der Waals surface area contributed by atoms with Crippen molar-refractivity contribution in [2.45, 2.75) is 32.7 Å². The Bertz CT molecular complexity index is 919. The van der Waals surface area contributed by atoms with E-state index in [1.54, 1.807) is 15.9 Å². The standard InChI is InChI=1S/C18H17N3OS/c1-2-16-20-17-14(18(22)21(16)11-7-6-10-19)12-15(23-17)13-8-4-3-5-9-13/h3-5,8-9,12H,2,6-7,11H2,1H3. The molecule has 0 atom stereocenters. The van der Waals surface area contributed by atoms with Crippen LogP contribution in [0.5, 0.6) is 0 Å². The zero-order valence-corrected chi connectivity index (χ0v) is 13.8. The van der Waals surface area contributed by atoms with Crippen LogP contribution in [0.15, 0.2) is 41.2 Å². The Morgan fingerprint density at radius 1 is 1.30 bits per heavy atom. The second-order valence-electron chi connectivity index (χ2n) is 5.30. The van der Waals surface area contributed by atoms with Crippen molar-refractivity contribution in [1.82, 2.24) is 9.55 Å². The van der Waals surface area contributed by atoms with E-state index in [4.69, 9.17) is 5.26 Å². The summed E-state index contributed by atoms with van der Waals surface area (Å²) in [5.41, 5.74) is 1.10. The first-order valence-electron chi connectivity index (χ1n) is 7.70. The molecule has 2 aromatic heterocycles. The molecule has 23 heavy (non-hydrogen) atoms. The van der Waals surface area contributed by atoms with Crippen molar-refractivity contribution in [2.24, 2.45) is 0 Å². The maximum absolute atomic E-state index is 12.8. The van der Waals surface area contributed by atoms with E-state index < -0.39 is 0 Å². The molecule has 2 heterocycles. The second kappa shape index (κ2) is 6.76. The van der Waals surface area contributed by atoms with Gasteiger partial charge in [0.1, 0.15) is 10.7 Å². The number of fused-ring (bicyclic) bond motifs is 1. The molecule has 116 valence electrons. The van der Waals surface area contributed by atoms with Crippen molar-refractivity contribution in [3.05, 3.63) is 52.6 Å². The molecule has 0 aliphatic heterocycles. The van der Waals surface area contributed by atoms with Gasteiger partial charge in [-0.3, -0.25) is 9.36 Å². The van der Waals surface area contributed by atoms with Gasteiger partial charge in [-0.1, -0.05) is 37.3 Å². The Hall–Kier alpha value is -2.45. The molecule has 0 saturated heterocycles. The number of thiophene rings is 1. The number of nitrogens with zero attached hydrogens (tertiary/aromatic N) is 3. The summed E-state index contributed by atoms with van der Waals surface area (Å²) < 4.78 is 1.72. The molecule has 3 rings (SSSR count). The number of aryl methyl sites for hydroxylation is 1. The molecular weight excluding hydrogens is 306 g/mol. The number of benzene rings is 1. The third-order valence-electron chi connectivity index (χ3n) is 3.78. The Kier molecular flexibility index (Phi) is 4.54. The lowest BCUT2D eigenvalue weighted by atomic mass is 10.2. The predicted molar refractivity (Wildman–Crippen MR) is 93.5 cm³/mol. The predicted octanol–water partition coefficient (Wildman–Crippen LogP) is 3.99. The van der Waals surface area contributed by atoms with E-state index in [1.165, 1.54) is 0 Å². The van der Waals surface area contributed by atoms with Crippen molar-refractivity contribution in [2.75, 3.05) is 0 Å². The van der Waals surface area contributed by atoms with Gasteiger partial charge in [0.15, 0.2) is 0 Å². The number of nitriles is 1. The van der Waals surface area contributed by atoms with E-state index in [1.807, 2.05) is 43.3 Å². The maximum atomic E-state index is 12.8. The van der Waals surface area contributed by atoms with Crippen molar-refractivity contribution < 1.29 is 0 Å². The fraction of sp³-hybridized carbons (Fsp3) is 0.278. The molecule has 1 aromatic carbocycles. The normalized spacial score (nSPS) is 10.8. The van der Waals surface area contributed by atoms with Gasteiger partial charge in [-0.2, -0.15) is 5.26 Å². The van der Waals surface area contributed by atoms with Gasteiger partial charge < -0.3 is 0 Å². The number of rotatable bonds is 5. The molecule has 0 spiro atoms. The molecular formula is C18H17N3OS. The summed E-state index contributed by atoms with van der Waals surface area (Å²) in [5.74, 6) is 0.793. The number of aromatic nitrogens is 2. The molecule has 3 aromatic rings. The van der Waals surface area contributed by atoms with Crippen LogP contribution in [-0.4, -0.2) is 9.55 Å². The molecule has 0 aliphatic rings. The van der Waals surface area contributed by atoms with Gasteiger partial charge in [-0.05, 0) is 18.1 Å². The van der Waals surface area contributed by atoms with Gasteiger partial charge in [0, 0.05) is 24.3 Å². The van der Waals surface area contributed by atoms with Crippen LogP contribution >= 0.6 is 11.3 Å². The molecule has 0 saturated carbocycles. The van der Waals surface area contributed by atoms with Gasteiger partial charge in [0.25, 0.3) is 5.56 Å². The van der Waals surface area contributed by atoms with E-state index in [9.17, 15) is 4.79 Å². The molecule has 5 heteroatoms. The summed E-state index contributed by atoms with van der Waals surface area (Å²) in [6.07, 6.45) is 1.83. The Morgan fingerprint density at radius 3 is 2.78 bits per heavy atom. The highest BCUT2D eigenvalue weighted by Gasteiger charge is 2.13. The summed E-state index contributed by atoms with van der Waals surface area (Å²) in [4.78, 5) is 19.3. The van der Waals surface area contributed by atoms with Crippen molar-refractivity contribution >= 4 is 21.6 Å². The minimum atomic E-state index is 0.00298. The van der Waals surface area contributed by atoms with Crippen LogP contribution < -0.4 is 5.56 Å². The first-order valence-corrected chi connectivity index (χ1v) is 8.52. The molecule has 0 fully saturated rings. The van der Waals surface area contributed by atoms with E-state index in [2.05, 4.69) is 11.1 Å². The maximum Gasteiger partial charge on any atom is 0.262 e. The van der Waals surface area contributed by atoms with Crippen LogP contribution in [0.3, 0.4) is 0 Å². The van der Waals surface area contributed by atoms with Crippen LogP contribution in [0.4, 0.5) is 0 Å². The van der Waals surface area contributed by atoms with Gasteiger partial charge >= 0.3 is 0 Å². The van der Waals surface area contributed by atoms with Gasteiger partial charge in [-0.25, -0.2) is 4.98 Å². The first-order chi connectivity index (χ1) is 11.2. The minimum Gasteiger partial charge on any atom is -0.296 e. The SMILES string of the molecule is CCc1nc2sc(-c3ccccc3)cc2c(=O)n1CCCC#N. The second-order valence-corrected chi connectivity index (χ2v) is 6.33. The summed E-state index contributed by atoms with van der Waals surface area (Å²) in [7, 11) is 0. The Balaban J connectivity index is 2.10. The highest BCUT2D eigenvalue weighted by atomic mass is 32.1. The van der Waals surface area contributed by atoms with Gasteiger partial charge in [0.05, 0.1) is 11.5 Å². The van der Waals surface area contributed by atoms with Gasteiger partial charge in [-0.15, -0.1) is 11.3 Å². The molecule has 0 aliphatic carbocycles. The lowest BCUT2D eigenvalue weighted by Gasteiger charge is -2.09. The lowest BCUT2D eigenvalue weighted by Crippen LogP contribution is -2.24. The van der Waals surface area contributed by atoms with Crippen LogP contribution in [0, 0.1) is 11.3 Å². The monoisotopic (exact) mass is 323 g/mol. The minimum absolute atomic E-state index is 0.00298. The van der Waals surface area contributed by atoms with Crippen LogP contribution in [0.2, 0.25) is 0 Å². The molecule has 0 bridgehead atoms. The zero-order valence-electron chi connectivity index (χ0n) is 13.0. The van der Waals surface area contributed by atoms with Gasteiger partial charge in [0.2, 0.25) is 0 Å². The van der Waals surface area contributed by atoms with Crippen molar-refractivity contribution in [1.29, 1.82) is 5.26 Å². The van der Waals surface area contributed by atoms with E-state index >= 15 is 0 Å². The highest BCUT2D eigenvalue weighted by Crippen LogP contribution is 2.31. The van der Waals surface area contributed by atoms with E-state index in [0.717, 1.165) is 21.1 Å². The van der Waals surface area contributed by atoms with Crippen molar-refractivity contribution in [3.63, 3.8) is 0 Å². The molecule has 0 radical (unpaired) electrons. The average molecular weight is 323 g/mol. The fourth-order valence-corrected chi connectivity index (χ4v) is 3.67. The Labute approximate surface area is 138 Å². The summed E-state index contributed by atoms with van der Waals surface area (Å²) >= 11 is 1.55. The molecule has 0 N–H and O–H groups in total. The summed E-state index contributed by atoms with van der Waals surface area (Å²) in [6.45, 7) is 2.55. The third kappa shape index (κ3) is 3.03. The average Bonchev–Trinajstić information content (AvgIpc) is 3.02. The molecule has 4 nitrogen and oxygen atoms in total. The quantitative estimate of drug-likeness (QED) is 0.667. The van der Waals surface area contributed by atoms with E-state index in [-0.39, 0.29) is 5.56 Å². The number of hydrogen-bond acceptors (Lipinski definition) is 4. The number of unbranched alkanes of at least 4 members (excludes halogenated alkanes) is 1. The molecule has 0 unspecified atom stereocenters.